The van der Waals surface area contributed by atoms with E-state index in [9.17, 15) is 9.90 Å². The number of aromatic amines is 1. The first-order valence-electron chi connectivity index (χ1n) is 7.63. The zero-order valence-electron chi connectivity index (χ0n) is 13.0. The summed E-state index contributed by atoms with van der Waals surface area (Å²) < 4.78 is 5.60. The first-order valence-corrected chi connectivity index (χ1v) is 7.63. The van der Waals surface area contributed by atoms with E-state index in [0.29, 0.717) is 25.3 Å². The molecule has 0 aliphatic carbocycles. The Morgan fingerprint density at radius 3 is 3.13 bits per heavy atom. The highest BCUT2D eigenvalue weighted by Gasteiger charge is 2.41. The molecule has 1 aliphatic heterocycles. The second kappa shape index (κ2) is 6.37. The van der Waals surface area contributed by atoms with Crippen molar-refractivity contribution in [3.63, 3.8) is 0 Å². The van der Waals surface area contributed by atoms with Crippen LogP contribution in [0.4, 0.5) is 0 Å². The quantitative estimate of drug-likeness (QED) is 0.859. The zero-order chi connectivity index (χ0) is 16.3. The number of ether oxygens (including phenoxy) is 1. The van der Waals surface area contributed by atoms with Crippen molar-refractivity contribution in [1.82, 2.24) is 20.3 Å². The van der Waals surface area contributed by atoms with Gasteiger partial charge >= 0.3 is 0 Å². The summed E-state index contributed by atoms with van der Waals surface area (Å²) in [5, 5.41) is 20.7. The lowest BCUT2D eigenvalue weighted by molar-refractivity contribution is -0.131. The molecule has 7 heteroatoms. The average Bonchev–Trinajstić information content (AvgIpc) is 3.17. The molecule has 7 nitrogen and oxygen atoms in total. The van der Waals surface area contributed by atoms with Gasteiger partial charge in [-0.1, -0.05) is 12.1 Å². The largest absolute Gasteiger partial charge is 0.493 e. The van der Waals surface area contributed by atoms with E-state index >= 15 is 0 Å². The maximum absolute atomic E-state index is 12.3. The van der Waals surface area contributed by atoms with E-state index < -0.39 is 5.60 Å². The SMILES string of the molecule is Cc1cccc(OCCC(=O)N2CCC(O)(c3cn[nH]n3)C2)c1. The van der Waals surface area contributed by atoms with Crippen molar-refractivity contribution in [3.8, 4) is 5.75 Å². The molecule has 0 bridgehead atoms. The van der Waals surface area contributed by atoms with Crippen LogP contribution in [0.3, 0.4) is 0 Å². The number of H-pyrrole nitrogens is 1. The van der Waals surface area contributed by atoms with E-state index in [2.05, 4.69) is 15.4 Å². The summed E-state index contributed by atoms with van der Waals surface area (Å²) >= 11 is 0. The molecular weight excluding hydrogens is 296 g/mol. The highest BCUT2D eigenvalue weighted by Crippen LogP contribution is 2.30. The number of amides is 1. The summed E-state index contributed by atoms with van der Waals surface area (Å²) in [5.74, 6) is 0.732. The standard InChI is InChI=1S/C16H20N4O3/c1-12-3-2-4-13(9-12)23-8-5-15(21)20-7-6-16(22,11-20)14-10-17-19-18-14/h2-4,9-10,22H,5-8,11H2,1H3,(H,17,18,19). The van der Waals surface area contributed by atoms with E-state index in [1.165, 1.54) is 6.20 Å². The third-order valence-electron chi connectivity index (χ3n) is 4.07. The Morgan fingerprint density at radius 1 is 1.52 bits per heavy atom. The van der Waals surface area contributed by atoms with Crippen LogP contribution in [-0.4, -0.2) is 51.0 Å². The highest BCUT2D eigenvalue weighted by molar-refractivity contribution is 5.76. The molecule has 1 amide bonds. The van der Waals surface area contributed by atoms with Gasteiger partial charge < -0.3 is 14.7 Å². The second-order valence-electron chi connectivity index (χ2n) is 5.87. The van der Waals surface area contributed by atoms with Gasteiger partial charge in [-0.05, 0) is 24.6 Å². The monoisotopic (exact) mass is 316 g/mol. The molecule has 1 aromatic heterocycles. The van der Waals surface area contributed by atoms with Crippen LogP contribution in [0.5, 0.6) is 5.75 Å². The molecule has 1 atom stereocenters. The average molecular weight is 316 g/mol. The summed E-state index contributed by atoms with van der Waals surface area (Å²) in [4.78, 5) is 13.9. The second-order valence-corrected chi connectivity index (χ2v) is 5.87. The Hall–Kier alpha value is -2.41. The van der Waals surface area contributed by atoms with Gasteiger partial charge in [0.1, 0.15) is 17.0 Å². The van der Waals surface area contributed by atoms with Crippen molar-refractivity contribution >= 4 is 5.91 Å². The molecule has 2 N–H and O–H groups in total. The third-order valence-corrected chi connectivity index (χ3v) is 4.07. The first kappa shape index (κ1) is 15.5. The fourth-order valence-electron chi connectivity index (χ4n) is 2.76. The summed E-state index contributed by atoms with van der Waals surface area (Å²) in [6.07, 6.45) is 2.24. The molecule has 1 fully saturated rings. The van der Waals surface area contributed by atoms with E-state index in [-0.39, 0.29) is 18.9 Å². The van der Waals surface area contributed by atoms with Gasteiger partial charge in [-0.3, -0.25) is 4.79 Å². The van der Waals surface area contributed by atoms with Crippen LogP contribution in [0.25, 0.3) is 0 Å². The number of carbonyl (C=O) groups is 1. The molecule has 1 aliphatic rings. The molecule has 2 heterocycles. The van der Waals surface area contributed by atoms with Crippen molar-refractivity contribution in [2.24, 2.45) is 0 Å². The summed E-state index contributed by atoms with van der Waals surface area (Å²) in [6, 6.07) is 7.72. The van der Waals surface area contributed by atoms with E-state index in [1.807, 2.05) is 31.2 Å². The van der Waals surface area contributed by atoms with E-state index in [1.54, 1.807) is 4.90 Å². The molecule has 1 aromatic carbocycles. The van der Waals surface area contributed by atoms with Crippen LogP contribution in [0.2, 0.25) is 0 Å². The summed E-state index contributed by atoms with van der Waals surface area (Å²) in [6.45, 7) is 3.06. The number of rotatable bonds is 5. The van der Waals surface area contributed by atoms with Crippen LogP contribution >= 0.6 is 0 Å². The topological polar surface area (TPSA) is 91.3 Å². The van der Waals surface area contributed by atoms with Crippen LogP contribution in [0, 0.1) is 6.92 Å². The highest BCUT2D eigenvalue weighted by atomic mass is 16.5. The van der Waals surface area contributed by atoms with Crippen molar-refractivity contribution in [2.45, 2.75) is 25.4 Å². The predicted octanol–water partition coefficient (Wildman–Crippen LogP) is 1.00. The molecule has 23 heavy (non-hydrogen) atoms. The molecule has 3 rings (SSSR count). The lowest BCUT2D eigenvalue weighted by atomic mass is 10.0. The van der Waals surface area contributed by atoms with Gasteiger partial charge in [-0.25, -0.2) is 0 Å². The lowest BCUT2D eigenvalue weighted by Crippen LogP contribution is -2.35. The molecule has 0 radical (unpaired) electrons. The fourth-order valence-corrected chi connectivity index (χ4v) is 2.76. The maximum Gasteiger partial charge on any atom is 0.226 e. The van der Waals surface area contributed by atoms with Crippen LogP contribution < -0.4 is 4.74 Å². The Labute approximate surface area is 134 Å². The molecular formula is C16H20N4O3. The first-order chi connectivity index (χ1) is 11.1. The van der Waals surface area contributed by atoms with Gasteiger partial charge in [-0.15, -0.1) is 0 Å². The van der Waals surface area contributed by atoms with Gasteiger partial charge in [0.2, 0.25) is 5.91 Å². The number of nitrogens with one attached hydrogen (secondary N) is 1. The molecule has 2 aromatic rings. The normalized spacial score (nSPS) is 20.7. The Bertz CT molecular complexity index is 674. The minimum absolute atomic E-state index is 0.0305. The minimum atomic E-state index is -1.11. The van der Waals surface area contributed by atoms with Crippen molar-refractivity contribution in [2.75, 3.05) is 19.7 Å². The summed E-state index contributed by atoms with van der Waals surface area (Å²) in [7, 11) is 0. The number of β-amino-alcohol motifs (C(OH)–C–C–N with tert-alkyl or cyclic N) is 1. The molecule has 1 saturated heterocycles. The molecule has 1 unspecified atom stereocenters. The fraction of sp³-hybridized carbons (Fsp3) is 0.438. The number of hydrogen-bond acceptors (Lipinski definition) is 5. The smallest absolute Gasteiger partial charge is 0.226 e. The van der Waals surface area contributed by atoms with E-state index in [0.717, 1.165) is 11.3 Å². The minimum Gasteiger partial charge on any atom is -0.493 e. The van der Waals surface area contributed by atoms with Gasteiger partial charge in [0.25, 0.3) is 0 Å². The van der Waals surface area contributed by atoms with Crippen molar-refractivity contribution in [1.29, 1.82) is 0 Å². The van der Waals surface area contributed by atoms with Gasteiger partial charge in [-0.2, -0.15) is 15.4 Å². The number of benzene rings is 1. The maximum atomic E-state index is 12.3. The Morgan fingerprint density at radius 2 is 2.39 bits per heavy atom. The number of aryl methyl sites for hydroxylation is 1. The molecule has 122 valence electrons. The number of likely N-dealkylation sites (tertiary alicyclic amines) is 1. The van der Waals surface area contributed by atoms with Gasteiger partial charge in [0.05, 0.1) is 25.8 Å². The molecule has 0 spiro atoms. The Balaban J connectivity index is 1.50. The van der Waals surface area contributed by atoms with Crippen molar-refractivity contribution in [3.05, 3.63) is 41.7 Å². The van der Waals surface area contributed by atoms with Gasteiger partial charge in [0.15, 0.2) is 0 Å². The predicted molar refractivity (Wildman–Crippen MR) is 82.8 cm³/mol. The number of hydrogen-bond donors (Lipinski definition) is 2. The number of aromatic nitrogens is 3. The summed E-state index contributed by atoms with van der Waals surface area (Å²) in [5.41, 5.74) is 0.481. The van der Waals surface area contributed by atoms with Crippen LogP contribution in [-0.2, 0) is 10.4 Å². The van der Waals surface area contributed by atoms with E-state index in [4.69, 9.17) is 4.74 Å². The van der Waals surface area contributed by atoms with Crippen LogP contribution in [0.15, 0.2) is 30.5 Å². The molecule has 0 saturated carbocycles. The van der Waals surface area contributed by atoms with Crippen molar-refractivity contribution < 1.29 is 14.6 Å². The number of carbonyl (C=O) groups excluding carboxylic acids is 1. The van der Waals surface area contributed by atoms with Gasteiger partial charge in [0, 0.05) is 13.0 Å². The number of aliphatic hydroxyl groups is 1. The Kier molecular flexibility index (Phi) is 4.29. The third kappa shape index (κ3) is 3.50. The number of nitrogens with zero attached hydrogens (tertiary/aromatic N) is 3. The zero-order valence-corrected chi connectivity index (χ0v) is 13.0. The van der Waals surface area contributed by atoms with Crippen LogP contribution in [0.1, 0.15) is 24.1 Å². The lowest BCUT2D eigenvalue weighted by Gasteiger charge is -2.21.